The molecule has 17 heavy (non-hydrogen) atoms. The summed E-state index contributed by atoms with van der Waals surface area (Å²) in [6.07, 6.45) is 5.61. The summed E-state index contributed by atoms with van der Waals surface area (Å²) in [5.41, 5.74) is 1.33. The zero-order valence-electron chi connectivity index (χ0n) is 9.86. The van der Waals surface area contributed by atoms with Crippen molar-refractivity contribution in [3.63, 3.8) is 0 Å². The monoisotopic (exact) mass is 295 g/mol. The molecule has 3 atom stereocenters. The molecule has 0 radical (unpaired) electrons. The van der Waals surface area contributed by atoms with Crippen molar-refractivity contribution < 1.29 is 4.74 Å². The van der Waals surface area contributed by atoms with E-state index in [0.717, 1.165) is 11.1 Å². The summed E-state index contributed by atoms with van der Waals surface area (Å²) in [5, 5.41) is 3.75. The molecule has 3 rings (SSSR count). The van der Waals surface area contributed by atoms with E-state index in [2.05, 4.69) is 45.5 Å². The maximum atomic E-state index is 6.00. The first-order valence-corrected chi connectivity index (χ1v) is 7.25. The Kier molecular flexibility index (Phi) is 3.50. The van der Waals surface area contributed by atoms with Crippen molar-refractivity contribution >= 4 is 15.9 Å². The highest BCUT2D eigenvalue weighted by atomic mass is 79.9. The van der Waals surface area contributed by atoms with Crippen molar-refractivity contribution in [3.05, 3.63) is 34.3 Å². The van der Waals surface area contributed by atoms with Gasteiger partial charge in [0.2, 0.25) is 0 Å². The highest BCUT2D eigenvalue weighted by Crippen LogP contribution is 2.29. The molecule has 1 aliphatic carbocycles. The van der Waals surface area contributed by atoms with E-state index in [4.69, 9.17) is 4.74 Å². The number of hydrogen-bond acceptors (Lipinski definition) is 2. The summed E-state index contributed by atoms with van der Waals surface area (Å²) in [5.74, 6) is 0. The van der Waals surface area contributed by atoms with Gasteiger partial charge in [-0.1, -0.05) is 40.9 Å². The molecule has 1 aromatic rings. The maximum Gasteiger partial charge on any atom is 0.0729 e. The fraction of sp³-hybridized carbons (Fsp3) is 0.571. The smallest absolute Gasteiger partial charge is 0.0729 e. The summed E-state index contributed by atoms with van der Waals surface area (Å²) in [6, 6.07) is 9.48. The van der Waals surface area contributed by atoms with Gasteiger partial charge in [-0.25, -0.2) is 0 Å². The Morgan fingerprint density at radius 1 is 1.12 bits per heavy atom. The van der Waals surface area contributed by atoms with Gasteiger partial charge in [-0.3, -0.25) is 0 Å². The Bertz CT molecular complexity index is 378. The van der Waals surface area contributed by atoms with Gasteiger partial charge in [0.25, 0.3) is 0 Å². The van der Waals surface area contributed by atoms with Crippen LogP contribution in [0.15, 0.2) is 28.7 Å². The Morgan fingerprint density at radius 2 is 1.88 bits per heavy atom. The first kappa shape index (κ1) is 11.7. The number of fused-ring (bicyclic) bond motifs is 1. The van der Waals surface area contributed by atoms with Crippen LogP contribution in [0, 0.1) is 0 Å². The number of hydrogen-bond donors (Lipinski definition) is 1. The van der Waals surface area contributed by atoms with Crippen LogP contribution >= 0.6 is 15.9 Å². The van der Waals surface area contributed by atoms with Gasteiger partial charge in [0, 0.05) is 10.5 Å². The van der Waals surface area contributed by atoms with Crippen molar-refractivity contribution in [1.29, 1.82) is 0 Å². The van der Waals surface area contributed by atoms with Gasteiger partial charge in [0.15, 0.2) is 0 Å². The van der Waals surface area contributed by atoms with Gasteiger partial charge in [0.05, 0.1) is 18.8 Å². The lowest BCUT2D eigenvalue weighted by atomic mass is 9.89. The van der Waals surface area contributed by atoms with Gasteiger partial charge < -0.3 is 10.1 Å². The van der Waals surface area contributed by atoms with Crippen molar-refractivity contribution in [3.8, 4) is 0 Å². The quantitative estimate of drug-likeness (QED) is 0.857. The highest BCUT2D eigenvalue weighted by Gasteiger charge is 2.32. The fourth-order valence-corrected chi connectivity index (χ4v) is 3.17. The predicted molar refractivity (Wildman–Crippen MR) is 72.0 cm³/mol. The lowest BCUT2D eigenvalue weighted by Crippen LogP contribution is -2.51. The van der Waals surface area contributed by atoms with E-state index in [9.17, 15) is 0 Å². The molecule has 0 aromatic heterocycles. The Balaban J connectivity index is 1.71. The number of nitrogens with one attached hydrogen (secondary N) is 1. The molecule has 2 aliphatic rings. The lowest BCUT2D eigenvalue weighted by Gasteiger charge is -2.40. The third kappa shape index (κ3) is 2.56. The predicted octanol–water partition coefficient (Wildman–Crippen LogP) is 3.42. The minimum Gasteiger partial charge on any atom is -0.375 e. The summed E-state index contributed by atoms with van der Waals surface area (Å²) >= 11 is 3.47. The number of rotatable bonds is 1. The average Bonchev–Trinajstić information content (AvgIpc) is 2.39. The molecule has 1 heterocycles. The largest absolute Gasteiger partial charge is 0.375 e. The molecule has 2 fully saturated rings. The van der Waals surface area contributed by atoms with E-state index >= 15 is 0 Å². The Hall–Kier alpha value is -0.380. The first-order valence-electron chi connectivity index (χ1n) is 6.46. The van der Waals surface area contributed by atoms with E-state index in [1.807, 2.05) is 0 Å². The van der Waals surface area contributed by atoms with Crippen LogP contribution in [-0.4, -0.2) is 18.8 Å². The second-order valence-electron chi connectivity index (χ2n) is 5.03. The van der Waals surface area contributed by atoms with Gasteiger partial charge in [-0.2, -0.15) is 0 Å². The zero-order valence-corrected chi connectivity index (χ0v) is 11.4. The summed E-state index contributed by atoms with van der Waals surface area (Å²) in [6.45, 7) is 0.808. The SMILES string of the molecule is Brc1ccc(C2COC3CCCCC3N2)cc1. The van der Waals surface area contributed by atoms with Crippen LogP contribution in [0.4, 0.5) is 0 Å². The molecule has 1 saturated heterocycles. The van der Waals surface area contributed by atoms with Gasteiger partial charge in [-0.05, 0) is 30.5 Å². The second kappa shape index (κ2) is 5.09. The molecular weight excluding hydrogens is 278 g/mol. The molecular formula is C14H18BrNO. The topological polar surface area (TPSA) is 21.3 Å². The molecule has 0 bridgehead atoms. The number of halogens is 1. The van der Waals surface area contributed by atoms with Crippen LogP contribution in [0.3, 0.4) is 0 Å². The minimum atomic E-state index is 0.363. The standard InChI is InChI=1S/C14H18BrNO/c15-11-7-5-10(6-8-11)13-9-17-14-4-2-1-3-12(14)16-13/h5-8,12-14,16H,1-4,9H2. The van der Waals surface area contributed by atoms with E-state index in [0.29, 0.717) is 18.2 Å². The van der Waals surface area contributed by atoms with E-state index in [-0.39, 0.29) is 0 Å². The van der Waals surface area contributed by atoms with Crippen molar-refractivity contribution in [2.24, 2.45) is 0 Å². The molecule has 1 aromatic carbocycles. The van der Waals surface area contributed by atoms with Crippen LogP contribution < -0.4 is 5.32 Å². The van der Waals surface area contributed by atoms with Crippen molar-refractivity contribution in [2.45, 2.75) is 43.9 Å². The van der Waals surface area contributed by atoms with Gasteiger partial charge in [-0.15, -0.1) is 0 Å². The van der Waals surface area contributed by atoms with Crippen LogP contribution in [0.25, 0.3) is 0 Å². The number of ether oxygens (including phenoxy) is 1. The molecule has 1 saturated carbocycles. The third-order valence-corrected chi connectivity index (χ3v) is 4.40. The number of benzene rings is 1. The van der Waals surface area contributed by atoms with E-state index in [1.54, 1.807) is 0 Å². The second-order valence-corrected chi connectivity index (χ2v) is 5.95. The molecule has 0 amide bonds. The maximum absolute atomic E-state index is 6.00. The highest BCUT2D eigenvalue weighted by molar-refractivity contribution is 9.10. The minimum absolute atomic E-state index is 0.363. The Labute approximate surface area is 111 Å². The molecule has 3 unspecified atom stereocenters. The van der Waals surface area contributed by atoms with Crippen LogP contribution in [-0.2, 0) is 4.74 Å². The van der Waals surface area contributed by atoms with Gasteiger partial charge in [0.1, 0.15) is 0 Å². The summed E-state index contributed by atoms with van der Waals surface area (Å²) in [4.78, 5) is 0. The normalized spacial score (nSPS) is 33.1. The zero-order chi connectivity index (χ0) is 11.7. The third-order valence-electron chi connectivity index (χ3n) is 3.87. The van der Waals surface area contributed by atoms with Crippen molar-refractivity contribution in [2.75, 3.05) is 6.61 Å². The van der Waals surface area contributed by atoms with E-state index in [1.165, 1.54) is 31.2 Å². The molecule has 2 nitrogen and oxygen atoms in total. The molecule has 92 valence electrons. The van der Waals surface area contributed by atoms with Crippen LogP contribution in [0.2, 0.25) is 0 Å². The lowest BCUT2D eigenvalue weighted by molar-refractivity contribution is -0.0461. The van der Waals surface area contributed by atoms with Crippen LogP contribution in [0.5, 0.6) is 0 Å². The molecule has 1 N–H and O–H groups in total. The van der Waals surface area contributed by atoms with Gasteiger partial charge >= 0.3 is 0 Å². The van der Waals surface area contributed by atoms with Crippen LogP contribution in [0.1, 0.15) is 37.3 Å². The molecule has 3 heteroatoms. The molecule has 1 aliphatic heterocycles. The summed E-state index contributed by atoms with van der Waals surface area (Å²) in [7, 11) is 0. The summed E-state index contributed by atoms with van der Waals surface area (Å²) < 4.78 is 7.14. The average molecular weight is 296 g/mol. The fourth-order valence-electron chi connectivity index (χ4n) is 2.90. The Morgan fingerprint density at radius 3 is 2.71 bits per heavy atom. The van der Waals surface area contributed by atoms with E-state index < -0.39 is 0 Å². The number of morpholine rings is 1. The van der Waals surface area contributed by atoms with Crippen molar-refractivity contribution in [1.82, 2.24) is 5.32 Å². The first-order chi connectivity index (χ1) is 8.33. The molecule has 0 spiro atoms.